The van der Waals surface area contributed by atoms with Gasteiger partial charge in [-0.1, -0.05) is 6.42 Å². The topological polar surface area (TPSA) is 280 Å². The monoisotopic (exact) mass is 501 g/mol. The van der Waals surface area contributed by atoms with E-state index in [1.54, 1.807) is 0 Å². The van der Waals surface area contributed by atoms with Gasteiger partial charge in [0.05, 0.1) is 18.5 Å². The third kappa shape index (κ3) is 14.3. The van der Waals surface area contributed by atoms with Gasteiger partial charge in [0.25, 0.3) is 0 Å². The zero-order chi connectivity index (χ0) is 27.0. The van der Waals surface area contributed by atoms with E-state index in [0.717, 1.165) is 0 Å². The van der Waals surface area contributed by atoms with Crippen molar-refractivity contribution in [2.45, 2.75) is 75.5 Å². The first-order valence-electron chi connectivity index (χ1n) is 11.0. The number of carbonyl (C=O) groups excluding carboxylic acids is 6. The van der Waals surface area contributed by atoms with Crippen molar-refractivity contribution in [3.8, 4) is 0 Å². The molecule has 0 aliphatic carbocycles. The Morgan fingerprint density at radius 2 is 1.37 bits per heavy atom. The highest BCUT2D eigenvalue weighted by atomic mass is 16.4. The number of nitrogens with one attached hydrogen (secondary N) is 3. The number of rotatable bonds is 19. The smallest absolute Gasteiger partial charge is 0.303 e. The van der Waals surface area contributed by atoms with Gasteiger partial charge in [-0.3, -0.25) is 28.8 Å². The third-order valence-corrected chi connectivity index (χ3v) is 4.82. The molecule has 12 N–H and O–H groups in total. The zero-order valence-corrected chi connectivity index (χ0v) is 19.4. The summed E-state index contributed by atoms with van der Waals surface area (Å²) < 4.78 is 0. The number of aldehydes is 1. The molecular formula is C20H35N7O8. The van der Waals surface area contributed by atoms with Crippen molar-refractivity contribution < 1.29 is 38.7 Å². The molecule has 0 aromatic rings. The van der Waals surface area contributed by atoms with Crippen LogP contribution in [0, 0.1) is 0 Å². The van der Waals surface area contributed by atoms with Crippen molar-refractivity contribution in [1.29, 1.82) is 0 Å². The minimum atomic E-state index is -1.49. The number of nitrogens with two attached hydrogens (primary N) is 4. The first-order valence-corrected chi connectivity index (χ1v) is 11.0. The highest BCUT2D eigenvalue weighted by molar-refractivity contribution is 5.96. The SMILES string of the molecule is NCCCC[C@H](N)C(=O)N[C@@H](CC(N)=O)C(=O)N[C@@H](CCC(=O)O)C(=O)N[C@H](C=O)CCC(N)=O. The summed E-state index contributed by atoms with van der Waals surface area (Å²) in [5.74, 6) is -5.53. The van der Waals surface area contributed by atoms with Crippen LogP contribution in [0.25, 0.3) is 0 Å². The second-order valence-electron chi connectivity index (χ2n) is 7.87. The minimum absolute atomic E-state index is 0.105. The van der Waals surface area contributed by atoms with Crippen molar-refractivity contribution in [2.75, 3.05) is 6.54 Å². The Morgan fingerprint density at radius 3 is 1.89 bits per heavy atom. The molecule has 0 aliphatic heterocycles. The van der Waals surface area contributed by atoms with Crippen LogP contribution in [-0.4, -0.2) is 77.6 Å². The van der Waals surface area contributed by atoms with Gasteiger partial charge in [-0.15, -0.1) is 0 Å². The van der Waals surface area contributed by atoms with E-state index >= 15 is 0 Å². The van der Waals surface area contributed by atoms with E-state index in [1.165, 1.54) is 0 Å². The summed E-state index contributed by atoms with van der Waals surface area (Å²) in [4.78, 5) is 82.3. The minimum Gasteiger partial charge on any atom is -0.481 e. The molecule has 4 atom stereocenters. The van der Waals surface area contributed by atoms with Crippen molar-refractivity contribution in [2.24, 2.45) is 22.9 Å². The van der Waals surface area contributed by atoms with Gasteiger partial charge in [-0.25, -0.2) is 0 Å². The molecule has 198 valence electrons. The van der Waals surface area contributed by atoms with Crippen LogP contribution in [0.4, 0.5) is 0 Å². The van der Waals surface area contributed by atoms with E-state index in [9.17, 15) is 33.6 Å². The summed E-state index contributed by atoms with van der Waals surface area (Å²) >= 11 is 0. The van der Waals surface area contributed by atoms with Gasteiger partial charge in [0.2, 0.25) is 29.5 Å². The van der Waals surface area contributed by atoms with Gasteiger partial charge in [-0.05, 0) is 32.2 Å². The Balaban J connectivity index is 5.43. The van der Waals surface area contributed by atoms with Crippen LogP contribution in [0.3, 0.4) is 0 Å². The van der Waals surface area contributed by atoms with Crippen LogP contribution in [0.1, 0.15) is 51.4 Å². The van der Waals surface area contributed by atoms with Crippen LogP contribution < -0.4 is 38.9 Å². The second kappa shape index (κ2) is 16.9. The summed E-state index contributed by atoms with van der Waals surface area (Å²) in [6, 6.07) is -5.04. The number of amides is 5. The van der Waals surface area contributed by atoms with E-state index in [0.29, 0.717) is 25.7 Å². The van der Waals surface area contributed by atoms with Crippen LogP contribution in [0.5, 0.6) is 0 Å². The van der Waals surface area contributed by atoms with E-state index < -0.39 is 72.5 Å². The van der Waals surface area contributed by atoms with E-state index in [-0.39, 0.29) is 25.7 Å². The molecule has 0 aliphatic rings. The number of unbranched alkanes of at least 4 members (excludes halogenated alkanes) is 1. The molecule has 0 fully saturated rings. The number of carboxylic acids is 1. The summed E-state index contributed by atoms with van der Waals surface area (Å²) in [6.07, 6.45) is 0.0106. The molecule has 0 saturated heterocycles. The number of hydrogen-bond acceptors (Lipinski definition) is 9. The number of hydrogen-bond donors (Lipinski definition) is 8. The first-order chi connectivity index (χ1) is 16.4. The molecule has 0 aromatic carbocycles. The molecule has 5 amide bonds. The lowest BCUT2D eigenvalue weighted by Gasteiger charge is -2.24. The summed E-state index contributed by atoms with van der Waals surface area (Å²) in [6.45, 7) is 0.411. The maximum Gasteiger partial charge on any atom is 0.303 e. The predicted octanol–water partition coefficient (Wildman–Crippen LogP) is -3.90. The predicted molar refractivity (Wildman–Crippen MR) is 122 cm³/mol. The third-order valence-electron chi connectivity index (χ3n) is 4.82. The van der Waals surface area contributed by atoms with Crippen molar-refractivity contribution in [3.05, 3.63) is 0 Å². The van der Waals surface area contributed by atoms with E-state index in [1.807, 2.05) is 0 Å². The Kier molecular flexibility index (Phi) is 15.2. The molecule has 0 aromatic heterocycles. The van der Waals surface area contributed by atoms with Gasteiger partial charge >= 0.3 is 5.97 Å². The fourth-order valence-electron chi connectivity index (χ4n) is 2.89. The number of primary amides is 2. The zero-order valence-electron chi connectivity index (χ0n) is 19.4. The normalized spacial score (nSPS) is 14.0. The van der Waals surface area contributed by atoms with Gasteiger partial charge < -0.3 is 48.8 Å². The molecule has 0 rings (SSSR count). The first kappa shape index (κ1) is 31.4. The highest BCUT2D eigenvalue weighted by Crippen LogP contribution is 2.04. The Hall–Kier alpha value is -3.59. The number of carbonyl (C=O) groups is 7. The largest absolute Gasteiger partial charge is 0.481 e. The average Bonchev–Trinajstić information content (AvgIpc) is 2.77. The standard InChI is InChI=1S/C20H35N7O8/c21-8-2-1-3-12(22)18(33)27-14(9-16(24)30)20(35)26-13(5-7-17(31)32)19(34)25-11(10-28)4-6-15(23)29/h10-14H,1-9,21-22H2,(H2,23,29)(H2,24,30)(H,25,34)(H,26,35)(H,27,33)(H,31,32)/t11-,12-,13-,14-/m0/s1. The summed E-state index contributed by atoms with van der Waals surface area (Å²) in [5.41, 5.74) is 21.4. The second-order valence-corrected chi connectivity index (χ2v) is 7.87. The molecule has 0 saturated carbocycles. The van der Waals surface area contributed by atoms with Crippen LogP contribution in [0.15, 0.2) is 0 Å². The van der Waals surface area contributed by atoms with Crippen molar-refractivity contribution in [3.63, 3.8) is 0 Å². The van der Waals surface area contributed by atoms with Crippen molar-refractivity contribution >= 4 is 41.8 Å². The van der Waals surface area contributed by atoms with Crippen molar-refractivity contribution in [1.82, 2.24) is 16.0 Å². The molecule has 0 radical (unpaired) electrons. The van der Waals surface area contributed by atoms with Crippen LogP contribution >= 0.6 is 0 Å². The van der Waals surface area contributed by atoms with Crippen LogP contribution in [0.2, 0.25) is 0 Å². The van der Waals surface area contributed by atoms with E-state index in [2.05, 4.69) is 16.0 Å². The molecule has 0 spiro atoms. The Labute approximate surface area is 202 Å². The molecule has 15 heteroatoms. The highest BCUT2D eigenvalue weighted by Gasteiger charge is 2.30. The summed E-state index contributed by atoms with van der Waals surface area (Å²) in [7, 11) is 0. The lowest BCUT2D eigenvalue weighted by molar-refractivity contribution is -0.138. The van der Waals surface area contributed by atoms with Gasteiger partial charge in [-0.2, -0.15) is 0 Å². The van der Waals surface area contributed by atoms with Crippen LogP contribution in [-0.2, 0) is 33.6 Å². The van der Waals surface area contributed by atoms with Gasteiger partial charge in [0, 0.05) is 12.8 Å². The number of aliphatic carboxylic acids is 1. The quantitative estimate of drug-likeness (QED) is 0.0628. The fourth-order valence-corrected chi connectivity index (χ4v) is 2.89. The molecule has 0 bridgehead atoms. The average molecular weight is 502 g/mol. The number of carboxylic acid groups (broad SMARTS) is 1. The molecular weight excluding hydrogens is 466 g/mol. The maximum atomic E-state index is 12.8. The lowest BCUT2D eigenvalue weighted by Crippen LogP contribution is -2.57. The van der Waals surface area contributed by atoms with Gasteiger partial charge in [0.15, 0.2) is 0 Å². The summed E-state index contributed by atoms with van der Waals surface area (Å²) in [5, 5.41) is 15.8. The van der Waals surface area contributed by atoms with Gasteiger partial charge in [0.1, 0.15) is 18.4 Å². The molecule has 0 heterocycles. The lowest BCUT2D eigenvalue weighted by atomic mass is 10.1. The molecule has 15 nitrogen and oxygen atoms in total. The Bertz CT molecular complexity index is 777. The molecule has 35 heavy (non-hydrogen) atoms. The maximum absolute atomic E-state index is 12.8. The molecule has 0 unspecified atom stereocenters. The van der Waals surface area contributed by atoms with E-state index in [4.69, 9.17) is 28.0 Å². The fraction of sp³-hybridized carbons (Fsp3) is 0.650. The Morgan fingerprint density at radius 1 is 0.771 bits per heavy atom.